The Morgan fingerprint density at radius 3 is 1.78 bits per heavy atom. The fourth-order valence-electron chi connectivity index (χ4n) is 6.04. The van der Waals surface area contributed by atoms with Gasteiger partial charge in [-0.05, 0) is 108 Å². The highest BCUT2D eigenvalue weighted by atomic mass is 32.1. The highest BCUT2D eigenvalue weighted by molar-refractivity contribution is 7.11. The van der Waals surface area contributed by atoms with Crippen molar-refractivity contribution in [1.29, 1.82) is 5.26 Å². The van der Waals surface area contributed by atoms with Crippen molar-refractivity contribution in [2.45, 2.75) is 58.5 Å². The quantitative estimate of drug-likeness (QED) is 0.0405. The number of carbonyl (C=O) groups is 1. The SMILES string of the molecule is [C-]#[N+]/C(C#N)=C(\c1ccc(C(=C(c2ccc(CCCCCC(=O)OC(C)(C)C)cc2)c2ccc(OC)cc2)c2ccccc2)cc1)c1cccs1. The van der Waals surface area contributed by atoms with Crippen molar-refractivity contribution in [1.82, 2.24) is 0 Å². The lowest BCUT2D eigenvalue weighted by Crippen LogP contribution is -2.23. The van der Waals surface area contributed by atoms with E-state index in [1.165, 1.54) is 16.9 Å². The lowest BCUT2D eigenvalue weighted by Gasteiger charge is -2.19. The molecule has 5 nitrogen and oxygen atoms in total. The minimum atomic E-state index is -0.451. The summed E-state index contributed by atoms with van der Waals surface area (Å²) in [5.41, 5.74) is 8.69. The second-order valence-electron chi connectivity index (χ2n) is 13.2. The third kappa shape index (κ3) is 9.73. The van der Waals surface area contributed by atoms with Crippen molar-refractivity contribution in [3.05, 3.63) is 176 Å². The first-order valence-corrected chi connectivity index (χ1v) is 18.0. The molecule has 51 heavy (non-hydrogen) atoms. The maximum absolute atomic E-state index is 12.1. The van der Waals surface area contributed by atoms with Gasteiger partial charge >= 0.3 is 5.97 Å². The van der Waals surface area contributed by atoms with Crippen molar-refractivity contribution in [3.63, 3.8) is 0 Å². The largest absolute Gasteiger partial charge is 0.497 e. The predicted octanol–water partition coefficient (Wildman–Crippen LogP) is 11.4. The van der Waals surface area contributed by atoms with Crippen LogP contribution in [0.1, 0.15) is 84.7 Å². The van der Waals surface area contributed by atoms with Gasteiger partial charge in [0.2, 0.25) is 0 Å². The summed E-state index contributed by atoms with van der Waals surface area (Å²) in [6.45, 7) is 13.4. The number of methoxy groups -OCH3 is 1. The summed E-state index contributed by atoms with van der Waals surface area (Å²) in [7, 11) is 1.67. The molecule has 0 saturated heterocycles. The molecule has 0 atom stereocenters. The van der Waals surface area contributed by atoms with Crippen LogP contribution in [0, 0.1) is 17.9 Å². The normalized spacial score (nSPS) is 12.2. The van der Waals surface area contributed by atoms with E-state index in [0.717, 1.165) is 75.3 Å². The van der Waals surface area contributed by atoms with Crippen LogP contribution in [0.25, 0.3) is 21.6 Å². The number of unbranched alkanes of at least 4 members (excludes halogenated alkanes) is 2. The Bertz CT molecular complexity index is 2040. The first-order valence-electron chi connectivity index (χ1n) is 17.1. The van der Waals surface area contributed by atoms with E-state index in [1.807, 2.05) is 80.7 Å². The third-order valence-electron chi connectivity index (χ3n) is 8.38. The Kier molecular flexibility index (Phi) is 12.4. The van der Waals surface area contributed by atoms with Crippen LogP contribution >= 0.6 is 11.3 Å². The molecule has 1 heterocycles. The average molecular weight is 691 g/mol. The van der Waals surface area contributed by atoms with E-state index in [2.05, 4.69) is 71.6 Å². The Labute approximate surface area is 306 Å². The van der Waals surface area contributed by atoms with Crippen molar-refractivity contribution in [3.8, 4) is 11.8 Å². The van der Waals surface area contributed by atoms with Crippen LogP contribution in [0.3, 0.4) is 0 Å². The topological polar surface area (TPSA) is 63.7 Å². The fraction of sp³-hybridized carbons (Fsp3) is 0.222. The summed E-state index contributed by atoms with van der Waals surface area (Å²) in [4.78, 5) is 16.5. The van der Waals surface area contributed by atoms with Gasteiger partial charge in [-0.15, -0.1) is 11.3 Å². The van der Waals surface area contributed by atoms with Gasteiger partial charge < -0.3 is 9.47 Å². The summed E-state index contributed by atoms with van der Waals surface area (Å²) in [5.74, 6) is 0.648. The molecule has 0 N–H and O–H groups in total. The summed E-state index contributed by atoms with van der Waals surface area (Å²) >= 11 is 1.52. The predicted molar refractivity (Wildman–Crippen MR) is 208 cm³/mol. The first kappa shape index (κ1) is 36.6. The summed E-state index contributed by atoms with van der Waals surface area (Å²) in [5, 5.41) is 11.8. The second kappa shape index (κ2) is 17.3. The molecule has 0 aliphatic heterocycles. The van der Waals surface area contributed by atoms with E-state index in [-0.39, 0.29) is 11.7 Å². The number of hydrogen-bond acceptors (Lipinski definition) is 5. The molecule has 6 heteroatoms. The third-order valence-corrected chi connectivity index (χ3v) is 9.27. The Balaban J connectivity index is 1.53. The molecule has 0 saturated carbocycles. The number of rotatable bonds is 13. The molecular weight excluding hydrogens is 649 g/mol. The maximum Gasteiger partial charge on any atom is 0.306 e. The standard InChI is InChI=1S/C45H42N2O3S/c1-45(2,3)50-41(48)17-11-6-8-13-32-18-20-34(21-19-32)43(36-26-28-38(49-5)29-27-36)42(33-14-9-7-10-15-33)35-22-24-37(25-23-35)44(39(31-46)47-4)40-16-12-30-51-40/h7,9-10,12,14-16,18-30H,6,8,11,13,17H2,1-3,5H3/b43-42?,44-39+. The highest BCUT2D eigenvalue weighted by Crippen LogP contribution is 2.39. The van der Waals surface area contributed by atoms with Crippen LogP contribution in [0.15, 0.2) is 126 Å². The number of thiophene rings is 1. The van der Waals surface area contributed by atoms with Gasteiger partial charge in [-0.1, -0.05) is 103 Å². The smallest absolute Gasteiger partial charge is 0.306 e. The van der Waals surface area contributed by atoms with E-state index in [9.17, 15) is 10.1 Å². The van der Waals surface area contributed by atoms with Crippen LogP contribution in [0.4, 0.5) is 0 Å². The van der Waals surface area contributed by atoms with Gasteiger partial charge in [-0.3, -0.25) is 4.79 Å². The zero-order valence-electron chi connectivity index (χ0n) is 29.6. The van der Waals surface area contributed by atoms with E-state index in [0.29, 0.717) is 12.0 Å². The van der Waals surface area contributed by atoms with Gasteiger partial charge in [0.1, 0.15) is 11.4 Å². The molecule has 0 amide bonds. The molecule has 5 aromatic rings. The molecule has 0 unspecified atom stereocenters. The summed E-state index contributed by atoms with van der Waals surface area (Å²) in [6.07, 6.45) is 4.14. The van der Waals surface area contributed by atoms with Crippen molar-refractivity contribution >= 4 is 34.0 Å². The number of esters is 1. The van der Waals surface area contributed by atoms with E-state index >= 15 is 0 Å². The molecule has 0 bridgehead atoms. The van der Waals surface area contributed by atoms with Crippen LogP contribution in [0.2, 0.25) is 0 Å². The van der Waals surface area contributed by atoms with Crippen LogP contribution in [-0.2, 0) is 16.0 Å². The molecule has 5 rings (SSSR count). The summed E-state index contributed by atoms with van der Waals surface area (Å²) in [6, 6.07) is 41.5. The number of nitrogens with zero attached hydrogens (tertiary/aromatic N) is 2. The lowest BCUT2D eigenvalue weighted by atomic mass is 9.85. The molecular formula is C45H42N2O3S. The number of ether oxygens (including phenoxy) is 2. The van der Waals surface area contributed by atoms with Crippen molar-refractivity contribution in [2.24, 2.45) is 0 Å². The monoisotopic (exact) mass is 690 g/mol. The van der Waals surface area contributed by atoms with E-state index < -0.39 is 5.60 Å². The molecule has 256 valence electrons. The first-order chi connectivity index (χ1) is 24.7. The zero-order valence-corrected chi connectivity index (χ0v) is 30.4. The van der Waals surface area contributed by atoms with E-state index in [1.54, 1.807) is 7.11 Å². The van der Waals surface area contributed by atoms with Gasteiger partial charge in [-0.25, -0.2) is 10.1 Å². The van der Waals surface area contributed by atoms with Crippen LogP contribution in [-0.4, -0.2) is 18.7 Å². The van der Waals surface area contributed by atoms with Gasteiger partial charge in [0.05, 0.1) is 19.8 Å². The molecule has 0 fully saturated rings. The second-order valence-corrected chi connectivity index (χ2v) is 14.1. The molecule has 0 aliphatic rings. The van der Waals surface area contributed by atoms with Gasteiger partial charge in [0.15, 0.2) is 0 Å². The van der Waals surface area contributed by atoms with Crippen molar-refractivity contribution in [2.75, 3.05) is 7.11 Å². The molecule has 1 aromatic heterocycles. The molecule has 0 spiro atoms. The minimum absolute atomic E-state index is 0.0751. The van der Waals surface area contributed by atoms with Crippen LogP contribution < -0.4 is 4.74 Å². The summed E-state index contributed by atoms with van der Waals surface area (Å²) < 4.78 is 11.0. The molecule has 4 aromatic carbocycles. The molecule has 0 radical (unpaired) electrons. The van der Waals surface area contributed by atoms with Gasteiger partial charge in [0, 0.05) is 16.9 Å². The number of carbonyl (C=O) groups excluding carboxylic acids is 1. The fourth-order valence-corrected chi connectivity index (χ4v) is 6.83. The number of benzene rings is 4. The number of nitriles is 1. The number of allylic oxidation sites excluding steroid dienone is 1. The zero-order chi connectivity index (χ0) is 36.2. The molecule has 0 aliphatic carbocycles. The van der Waals surface area contributed by atoms with Crippen LogP contribution in [0.5, 0.6) is 5.75 Å². The van der Waals surface area contributed by atoms with Crippen molar-refractivity contribution < 1.29 is 14.3 Å². The Morgan fingerprint density at radius 1 is 0.725 bits per heavy atom. The Hall–Kier alpha value is -5.69. The Morgan fingerprint density at radius 2 is 1.27 bits per heavy atom. The minimum Gasteiger partial charge on any atom is -0.497 e. The van der Waals surface area contributed by atoms with Gasteiger partial charge in [0.25, 0.3) is 5.70 Å². The van der Waals surface area contributed by atoms with Gasteiger partial charge in [-0.2, -0.15) is 0 Å². The lowest BCUT2D eigenvalue weighted by molar-refractivity contribution is -0.154. The number of hydrogen-bond donors (Lipinski definition) is 0. The number of aryl methyl sites for hydroxylation is 1. The van der Waals surface area contributed by atoms with E-state index in [4.69, 9.17) is 16.0 Å². The average Bonchev–Trinajstić information content (AvgIpc) is 3.67. The maximum atomic E-state index is 12.1. The highest BCUT2D eigenvalue weighted by Gasteiger charge is 2.19.